The van der Waals surface area contributed by atoms with E-state index < -0.39 is 0 Å². The number of carbonyl (C=O) groups excluding carboxylic acids is 2. The summed E-state index contributed by atoms with van der Waals surface area (Å²) in [5, 5.41) is 5.94. The molecule has 0 bridgehead atoms. The maximum atomic E-state index is 12.5. The van der Waals surface area contributed by atoms with Crippen molar-refractivity contribution in [3.63, 3.8) is 0 Å². The molecule has 1 heterocycles. The van der Waals surface area contributed by atoms with Crippen LogP contribution in [0.5, 0.6) is 17.2 Å². The highest BCUT2D eigenvalue weighted by molar-refractivity contribution is 5.93. The standard InChI is InChI=1S/C25H33N3O5/c1-31-20-6-4-5-18(15-20)9-12-26-25(30)19-10-13-28(14-11-19)17-24(29)27-22-8-7-21(32-2)16-23(22)33-3/h4-8,15-16,19H,9-14,17H2,1-3H3,(H,26,30)(H,27,29). The van der Waals surface area contributed by atoms with Crippen LogP contribution in [0.2, 0.25) is 0 Å². The Kier molecular flexibility index (Phi) is 8.95. The summed E-state index contributed by atoms with van der Waals surface area (Å²) in [5.74, 6) is 1.99. The fourth-order valence-corrected chi connectivity index (χ4v) is 3.95. The number of methoxy groups -OCH3 is 3. The number of likely N-dealkylation sites (tertiary alicyclic amines) is 1. The van der Waals surface area contributed by atoms with Crippen LogP contribution in [0.4, 0.5) is 5.69 Å². The summed E-state index contributed by atoms with van der Waals surface area (Å²) in [6.45, 7) is 2.29. The molecule has 2 aromatic carbocycles. The average Bonchev–Trinajstić information content (AvgIpc) is 2.84. The highest BCUT2D eigenvalue weighted by atomic mass is 16.5. The third-order valence-electron chi connectivity index (χ3n) is 5.86. The molecule has 1 aliphatic rings. The van der Waals surface area contributed by atoms with Crippen LogP contribution < -0.4 is 24.8 Å². The summed E-state index contributed by atoms with van der Waals surface area (Å²) in [6, 6.07) is 13.1. The molecule has 0 unspecified atom stereocenters. The van der Waals surface area contributed by atoms with Gasteiger partial charge in [-0.3, -0.25) is 14.5 Å². The van der Waals surface area contributed by atoms with Gasteiger partial charge in [0.15, 0.2) is 0 Å². The quantitative estimate of drug-likeness (QED) is 0.573. The number of hydrogen-bond donors (Lipinski definition) is 2. The van der Waals surface area contributed by atoms with Gasteiger partial charge >= 0.3 is 0 Å². The zero-order valence-electron chi connectivity index (χ0n) is 19.6. The highest BCUT2D eigenvalue weighted by Crippen LogP contribution is 2.29. The van der Waals surface area contributed by atoms with Crippen molar-refractivity contribution in [1.29, 1.82) is 0 Å². The van der Waals surface area contributed by atoms with Crippen molar-refractivity contribution in [3.05, 3.63) is 48.0 Å². The second kappa shape index (κ2) is 12.1. The Balaban J connectivity index is 1.39. The first-order valence-electron chi connectivity index (χ1n) is 11.2. The van der Waals surface area contributed by atoms with E-state index in [1.165, 1.54) is 0 Å². The van der Waals surface area contributed by atoms with Crippen molar-refractivity contribution >= 4 is 17.5 Å². The molecule has 2 aromatic rings. The SMILES string of the molecule is COc1cccc(CCNC(=O)C2CCN(CC(=O)Nc3ccc(OC)cc3OC)CC2)c1. The Hall–Kier alpha value is -3.26. The Morgan fingerprint density at radius 1 is 0.970 bits per heavy atom. The number of rotatable bonds is 10. The lowest BCUT2D eigenvalue weighted by atomic mass is 9.96. The number of nitrogens with zero attached hydrogens (tertiary/aromatic N) is 1. The van der Waals surface area contributed by atoms with Gasteiger partial charge < -0.3 is 24.8 Å². The molecule has 1 saturated heterocycles. The molecule has 1 aliphatic heterocycles. The minimum atomic E-state index is -0.111. The van der Waals surface area contributed by atoms with Crippen molar-refractivity contribution in [3.8, 4) is 17.2 Å². The maximum Gasteiger partial charge on any atom is 0.238 e. The largest absolute Gasteiger partial charge is 0.497 e. The minimum absolute atomic E-state index is 0.0173. The fourth-order valence-electron chi connectivity index (χ4n) is 3.95. The van der Waals surface area contributed by atoms with Gasteiger partial charge in [0, 0.05) is 18.5 Å². The number of anilines is 1. The number of piperidine rings is 1. The van der Waals surface area contributed by atoms with Crippen LogP contribution >= 0.6 is 0 Å². The van der Waals surface area contributed by atoms with Crippen LogP contribution in [-0.2, 0) is 16.0 Å². The first-order chi connectivity index (χ1) is 16.0. The van der Waals surface area contributed by atoms with Gasteiger partial charge in [-0.2, -0.15) is 0 Å². The van der Waals surface area contributed by atoms with E-state index >= 15 is 0 Å². The lowest BCUT2D eigenvalue weighted by Gasteiger charge is -2.30. The van der Waals surface area contributed by atoms with Crippen molar-refractivity contribution in [2.45, 2.75) is 19.3 Å². The Morgan fingerprint density at radius 3 is 2.39 bits per heavy atom. The molecular weight excluding hydrogens is 422 g/mol. The summed E-state index contributed by atoms with van der Waals surface area (Å²) in [4.78, 5) is 27.1. The predicted octanol–water partition coefficient (Wildman–Crippen LogP) is 2.72. The molecule has 0 aromatic heterocycles. The van der Waals surface area contributed by atoms with E-state index in [1.807, 2.05) is 24.3 Å². The van der Waals surface area contributed by atoms with Gasteiger partial charge in [0.05, 0.1) is 33.6 Å². The molecule has 3 rings (SSSR count). The highest BCUT2D eigenvalue weighted by Gasteiger charge is 2.26. The van der Waals surface area contributed by atoms with Gasteiger partial charge in [0.25, 0.3) is 0 Å². The molecule has 0 radical (unpaired) electrons. The van der Waals surface area contributed by atoms with Crippen molar-refractivity contribution in [2.24, 2.45) is 5.92 Å². The first-order valence-corrected chi connectivity index (χ1v) is 11.2. The molecule has 0 aliphatic carbocycles. The summed E-state index contributed by atoms with van der Waals surface area (Å²) in [7, 11) is 4.78. The van der Waals surface area contributed by atoms with Crippen LogP contribution in [-0.4, -0.2) is 64.2 Å². The molecule has 33 heavy (non-hydrogen) atoms. The molecule has 8 heteroatoms. The van der Waals surface area contributed by atoms with Crippen LogP contribution in [0.3, 0.4) is 0 Å². The number of nitrogens with one attached hydrogen (secondary N) is 2. The zero-order chi connectivity index (χ0) is 23.6. The van der Waals surface area contributed by atoms with Gasteiger partial charge in [0.1, 0.15) is 17.2 Å². The van der Waals surface area contributed by atoms with Crippen LogP contribution in [0, 0.1) is 5.92 Å². The molecule has 178 valence electrons. The van der Waals surface area contributed by atoms with Crippen LogP contribution in [0.25, 0.3) is 0 Å². The molecule has 1 fully saturated rings. The topological polar surface area (TPSA) is 89.1 Å². The van der Waals surface area contributed by atoms with Gasteiger partial charge in [-0.15, -0.1) is 0 Å². The molecule has 0 atom stereocenters. The number of benzene rings is 2. The Bertz CT molecular complexity index is 941. The van der Waals surface area contributed by atoms with Crippen molar-refractivity contribution in [1.82, 2.24) is 10.2 Å². The normalized spacial score (nSPS) is 14.4. The molecule has 0 saturated carbocycles. The predicted molar refractivity (Wildman–Crippen MR) is 127 cm³/mol. The van der Waals surface area contributed by atoms with Crippen LogP contribution in [0.15, 0.2) is 42.5 Å². The van der Waals surface area contributed by atoms with Crippen molar-refractivity contribution in [2.75, 3.05) is 52.8 Å². The van der Waals surface area contributed by atoms with Gasteiger partial charge in [-0.25, -0.2) is 0 Å². The van der Waals surface area contributed by atoms with E-state index in [0.29, 0.717) is 36.8 Å². The summed E-state index contributed by atoms with van der Waals surface area (Å²) in [5.41, 5.74) is 1.73. The number of ether oxygens (including phenoxy) is 3. The minimum Gasteiger partial charge on any atom is -0.497 e. The molecule has 0 spiro atoms. The Labute approximate surface area is 195 Å². The molecular formula is C25H33N3O5. The Morgan fingerprint density at radius 2 is 1.70 bits per heavy atom. The van der Waals surface area contributed by atoms with Crippen LogP contribution in [0.1, 0.15) is 18.4 Å². The van der Waals surface area contributed by atoms with Gasteiger partial charge in [-0.1, -0.05) is 12.1 Å². The zero-order valence-corrected chi connectivity index (χ0v) is 19.6. The van der Waals surface area contributed by atoms with Crippen molar-refractivity contribution < 1.29 is 23.8 Å². The maximum absolute atomic E-state index is 12.5. The average molecular weight is 456 g/mol. The van der Waals surface area contributed by atoms with E-state index in [4.69, 9.17) is 14.2 Å². The third kappa shape index (κ3) is 7.12. The fraction of sp³-hybridized carbons (Fsp3) is 0.440. The number of amides is 2. The second-order valence-electron chi connectivity index (χ2n) is 8.06. The first kappa shape index (κ1) is 24.4. The van der Waals surface area contributed by atoms with E-state index in [1.54, 1.807) is 39.5 Å². The van der Waals surface area contributed by atoms with Gasteiger partial charge in [0.2, 0.25) is 11.8 Å². The van der Waals surface area contributed by atoms with E-state index in [2.05, 4.69) is 15.5 Å². The molecule has 2 N–H and O–H groups in total. The van der Waals surface area contributed by atoms with E-state index in [-0.39, 0.29) is 24.3 Å². The molecule has 8 nitrogen and oxygen atoms in total. The van der Waals surface area contributed by atoms with Gasteiger partial charge in [-0.05, 0) is 62.2 Å². The number of hydrogen-bond acceptors (Lipinski definition) is 6. The second-order valence-corrected chi connectivity index (χ2v) is 8.06. The monoisotopic (exact) mass is 455 g/mol. The summed E-state index contributed by atoms with van der Waals surface area (Å²) >= 11 is 0. The summed E-state index contributed by atoms with van der Waals surface area (Å²) < 4.78 is 15.8. The summed E-state index contributed by atoms with van der Waals surface area (Å²) in [6.07, 6.45) is 2.24. The third-order valence-corrected chi connectivity index (χ3v) is 5.86. The van der Waals surface area contributed by atoms with E-state index in [0.717, 1.165) is 30.6 Å². The van der Waals surface area contributed by atoms with E-state index in [9.17, 15) is 9.59 Å². The number of carbonyl (C=O) groups is 2. The lowest BCUT2D eigenvalue weighted by Crippen LogP contribution is -2.43. The smallest absolute Gasteiger partial charge is 0.238 e. The lowest BCUT2D eigenvalue weighted by molar-refractivity contribution is -0.126. The molecule has 2 amide bonds.